The Hall–Kier alpha value is -5.78. The molecule has 2 saturated carbocycles. The number of imidazole rings is 2. The number of likely N-dealkylation sites (tertiary alicyclic amines) is 1. The lowest BCUT2D eigenvalue weighted by Gasteiger charge is -2.30. The van der Waals surface area contributed by atoms with Gasteiger partial charge in [0.15, 0.2) is 0 Å². The fourth-order valence-electron chi connectivity index (χ4n) is 9.05. The number of carbonyl (C=O) groups excluding carboxylic acids is 3. The number of nitrogens with zero attached hydrogens (tertiary/aromatic N) is 4. The molecule has 5 aromatic rings. The van der Waals surface area contributed by atoms with Crippen LogP contribution in [0, 0.1) is 23.7 Å². The number of aromatic nitrogens is 5. The summed E-state index contributed by atoms with van der Waals surface area (Å²) in [6.07, 6.45) is 11.6. The minimum atomic E-state index is -0.676. The number of hydrogen-bond acceptors (Lipinski definition) is 7. The first-order valence-electron chi connectivity index (χ1n) is 19.4. The summed E-state index contributed by atoms with van der Waals surface area (Å²) in [6, 6.07) is 19.8. The van der Waals surface area contributed by atoms with Crippen LogP contribution in [0.3, 0.4) is 0 Å². The summed E-state index contributed by atoms with van der Waals surface area (Å²) >= 11 is 0. The van der Waals surface area contributed by atoms with E-state index < -0.39 is 12.1 Å². The number of nitrogens with one attached hydrogen (secondary N) is 4. The predicted molar refractivity (Wildman–Crippen MR) is 208 cm³/mol. The Balaban J connectivity index is 0.918. The van der Waals surface area contributed by atoms with Crippen molar-refractivity contribution in [3.05, 3.63) is 103 Å². The minimum absolute atomic E-state index is 0.0750. The number of aromatic amines is 2. The summed E-state index contributed by atoms with van der Waals surface area (Å²) in [5.74, 6) is 2.42. The molecule has 6 atom stereocenters. The second kappa shape index (κ2) is 15.5. The third kappa shape index (κ3) is 7.37. The summed E-state index contributed by atoms with van der Waals surface area (Å²) in [4.78, 5) is 61.6. The van der Waals surface area contributed by atoms with Crippen LogP contribution in [0.2, 0.25) is 0 Å². The molecule has 2 aromatic carbocycles. The van der Waals surface area contributed by atoms with E-state index in [1.54, 1.807) is 12.4 Å². The van der Waals surface area contributed by atoms with Crippen LogP contribution < -0.4 is 10.6 Å². The maximum Gasteiger partial charge on any atom is 0.407 e. The average molecular weight is 741 g/mol. The Kier molecular flexibility index (Phi) is 10.2. The lowest BCUT2D eigenvalue weighted by molar-refractivity contribution is -0.135. The normalized spacial score (nSPS) is 22.2. The molecule has 4 heterocycles. The molecular formula is C43H48N8O4. The lowest BCUT2D eigenvalue weighted by Crippen LogP contribution is -2.51. The fraction of sp³-hybridized carbons (Fsp3) is 0.395. The second-order valence-corrected chi connectivity index (χ2v) is 15.5. The maximum atomic E-state index is 13.5. The van der Waals surface area contributed by atoms with Crippen molar-refractivity contribution in [1.82, 2.24) is 40.5 Å². The Morgan fingerprint density at radius 2 is 1.47 bits per heavy atom. The van der Waals surface area contributed by atoms with E-state index in [1.807, 2.05) is 43.3 Å². The number of rotatable bonds is 11. The monoisotopic (exact) mass is 740 g/mol. The van der Waals surface area contributed by atoms with Gasteiger partial charge < -0.3 is 30.2 Å². The Bertz CT molecular complexity index is 2130. The van der Waals surface area contributed by atoms with E-state index in [1.165, 1.54) is 7.11 Å². The summed E-state index contributed by atoms with van der Waals surface area (Å²) in [7, 11) is 1.30. The van der Waals surface area contributed by atoms with Crippen LogP contribution in [0.4, 0.5) is 4.79 Å². The molecule has 2 aliphatic carbocycles. The van der Waals surface area contributed by atoms with Crippen LogP contribution in [-0.4, -0.2) is 67.4 Å². The summed E-state index contributed by atoms with van der Waals surface area (Å²) in [6.45, 7) is 4.91. The number of hydrogen-bond donors (Lipinski definition) is 4. The summed E-state index contributed by atoms with van der Waals surface area (Å²) in [5, 5.41) is 5.88. The molecule has 55 heavy (non-hydrogen) atoms. The summed E-state index contributed by atoms with van der Waals surface area (Å²) < 4.78 is 4.76. The smallest absolute Gasteiger partial charge is 0.407 e. The Morgan fingerprint density at radius 1 is 0.836 bits per heavy atom. The highest BCUT2D eigenvalue weighted by molar-refractivity contribution is 5.86. The van der Waals surface area contributed by atoms with Gasteiger partial charge in [-0.2, -0.15) is 0 Å². The van der Waals surface area contributed by atoms with Gasteiger partial charge in [-0.1, -0.05) is 68.4 Å². The van der Waals surface area contributed by atoms with Crippen LogP contribution in [0.1, 0.15) is 75.1 Å². The van der Waals surface area contributed by atoms with Gasteiger partial charge in [0.2, 0.25) is 11.8 Å². The summed E-state index contributed by atoms with van der Waals surface area (Å²) in [5.41, 5.74) is 7.06. The molecule has 284 valence electrons. The van der Waals surface area contributed by atoms with Crippen molar-refractivity contribution in [2.75, 3.05) is 13.7 Å². The van der Waals surface area contributed by atoms with E-state index in [0.29, 0.717) is 24.9 Å². The third-order valence-electron chi connectivity index (χ3n) is 11.9. The van der Waals surface area contributed by atoms with E-state index in [9.17, 15) is 14.4 Å². The van der Waals surface area contributed by atoms with E-state index >= 15 is 0 Å². The first-order valence-corrected chi connectivity index (χ1v) is 19.4. The molecule has 3 fully saturated rings. The van der Waals surface area contributed by atoms with Gasteiger partial charge in [0, 0.05) is 31.4 Å². The molecule has 0 radical (unpaired) electrons. The number of ether oxygens (including phenoxy) is 1. The number of amides is 3. The topological polar surface area (TPSA) is 158 Å². The van der Waals surface area contributed by atoms with Crippen molar-refractivity contribution in [3.8, 4) is 33.6 Å². The molecule has 3 aromatic heterocycles. The average Bonchev–Trinajstić information content (AvgIpc) is 4.07. The molecule has 0 spiro atoms. The van der Waals surface area contributed by atoms with Crippen molar-refractivity contribution in [2.24, 2.45) is 23.7 Å². The van der Waals surface area contributed by atoms with Crippen LogP contribution in [-0.2, 0) is 20.9 Å². The van der Waals surface area contributed by atoms with Crippen molar-refractivity contribution in [2.45, 2.75) is 70.5 Å². The van der Waals surface area contributed by atoms with Gasteiger partial charge in [0.25, 0.3) is 0 Å². The van der Waals surface area contributed by atoms with Crippen LogP contribution in [0.5, 0.6) is 0 Å². The van der Waals surface area contributed by atoms with Gasteiger partial charge >= 0.3 is 6.09 Å². The largest absolute Gasteiger partial charge is 0.453 e. The van der Waals surface area contributed by atoms with Gasteiger partial charge in [0.1, 0.15) is 17.7 Å². The highest BCUT2D eigenvalue weighted by Crippen LogP contribution is 2.56. The number of alkyl carbamates (subject to hydrolysis) is 1. The first kappa shape index (κ1) is 36.2. The first-order chi connectivity index (χ1) is 26.8. The van der Waals surface area contributed by atoms with E-state index in [2.05, 4.69) is 79.1 Å². The molecule has 12 nitrogen and oxygen atoms in total. The number of benzene rings is 2. The quantitative estimate of drug-likeness (QED) is 0.113. The molecule has 1 saturated heterocycles. The highest BCUT2D eigenvalue weighted by Gasteiger charge is 2.52. The number of pyridine rings is 1. The molecule has 3 aliphatic rings. The Morgan fingerprint density at radius 3 is 2.11 bits per heavy atom. The number of H-pyrrole nitrogens is 2. The SMILES string of the molecule is COC(=O)N[C@H](C(=O)N1CCC[C@H]1c1ncc(-c2ccc(-c3ccc(-c4cnc([C@@H]5[C@H]6CC[C@H](C6)[C@H]5C(=O)NCc5cccnc5)[nH]4)cc3)cc2)[nH]1)C(C)C. The number of methoxy groups -OCH3 is 1. The van der Waals surface area contributed by atoms with Crippen LogP contribution >= 0.6 is 0 Å². The third-order valence-corrected chi connectivity index (χ3v) is 11.9. The van der Waals surface area contributed by atoms with Crippen LogP contribution in [0.25, 0.3) is 33.6 Å². The molecule has 0 unspecified atom stereocenters. The van der Waals surface area contributed by atoms with Gasteiger partial charge in [-0.25, -0.2) is 14.8 Å². The maximum absolute atomic E-state index is 13.5. The lowest BCUT2D eigenvalue weighted by atomic mass is 9.78. The van der Waals surface area contributed by atoms with Crippen molar-refractivity contribution >= 4 is 17.9 Å². The zero-order valence-electron chi connectivity index (χ0n) is 31.5. The fourth-order valence-corrected chi connectivity index (χ4v) is 9.05. The highest BCUT2D eigenvalue weighted by atomic mass is 16.5. The van der Waals surface area contributed by atoms with Gasteiger partial charge in [-0.15, -0.1) is 0 Å². The van der Waals surface area contributed by atoms with Crippen molar-refractivity contribution in [1.29, 1.82) is 0 Å². The Labute approximate surface area is 320 Å². The van der Waals surface area contributed by atoms with Gasteiger partial charge in [-0.3, -0.25) is 14.6 Å². The molecule has 1 aliphatic heterocycles. The molecule has 12 heteroatoms. The van der Waals surface area contributed by atoms with E-state index in [-0.39, 0.29) is 35.6 Å². The van der Waals surface area contributed by atoms with E-state index in [4.69, 9.17) is 9.72 Å². The van der Waals surface area contributed by atoms with Crippen LogP contribution in [0.15, 0.2) is 85.5 Å². The predicted octanol–water partition coefficient (Wildman–Crippen LogP) is 7.02. The standard InChI is InChI=1S/C43H48N8O4/c1-25(2)38(50-43(54)55-3)42(53)51-19-5-7-35(51)39-45-23-33(48-39)29-12-8-27(9-13-29)28-10-14-30(15-11-28)34-24-46-40(49-34)36-31-16-17-32(20-31)37(36)41(52)47-22-26-6-4-18-44-21-26/h4,6,8-15,18,21,23-25,31-32,35-38H,5,7,16-17,19-20,22H2,1-3H3,(H,45,48)(H,46,49)(H,47,52)(H,50,54)/t31-,32+,35-,36+,37+,38-/m0/s1. The zero-order valence-corrected chi connectivity index (χ0v) is 31.5. The minimum Gasteiger partial charge on any atom is -0.453 e. The van der Waals surface area contributed by atoms with E-state index in [0.717, 1.165) is 83.0 Å². The van der Waals surface area contributed by atoms with Gasteiger partial charge in [-0.05, 0) is 83.7 Å². The van der Waals surface area contributed by atoms with Crippen molar-refractivity contribution in [3.63, 3.8) is 0 Å². The molecule has 3 amide bonds. The number of fused-ring (bicyclic) bond motifs is 2. The zero-order chi connectivity index (χ0) is 38.1. The van der Waals surface area contributed by atoms with Gasteiger partial charge in [0.05, 0.1) is 42.9 Å². The molecule has 4 N–H and O–H groups in total. The second-order valence-electron chi connectivity index (χ2n) is 15.5. The number of carbonyl (C=O) groups is 3. The molecule has 2 bridgehead atoms. The van der Waals surface area contributed by atoms with Crippen molar-refractivity contribution < 1.29 is 19.1 Å². The molecular weight excluding hydrogens is 693 g/mol. The molecule has 8 rings (SSSR count).